The second kappa shape index (κ2) is 3.25. The summed E-state index contributed by atoms with van der Waals surface area (Å²) in [6.45, 7) is 5.06. The van der Waals surface area contributed by atoms with Crippen LogP contribution < -0.4 is 0 Å². The highest BCUT2D eigenvalue weighted by molar-refractivity contribution is 5.08. The summed E-state index contributed by atoms with van der Waals surface area (Å²) in [6, 6.07) is 0. The van der Waals surface area contributed by atoms with Crippen molar-refractivity contribution >= 4 is 0 Å². The van der Waals surface area contributed by atoms with Gasteiger partial charge in [-0.05, 0) is 32.1 Å². The highest BCUT2D eigenvalue weighted by Crippen LogP contribution is 2.54. The minimum absolute atomic E-state index is 0.346. The molecule has 1 aliphatic carbocycles. The van der Waals surface area contributed by atoms with Gasteiger partial charge < -0.3 is 9.84 Å². The first-order valence-electron chi connectivity index (χ1n) is 5.50. The lowest BCUT2D eigenvalue weighted by Crippen LogP contribution is -2.25. The van der Waals surface area contributed by atoms with Crippen molar-refractivity contribution in [2.24, 2.45) is 11.8 Å². The molecule has 1 aliphatic heterocycles. The summed E-state index contributed by atoms with van der Waals surface area (Å²) in [6.07, 6.45) is 4.80. The van der Waals surface area contributed by atoms with Gasteiger partial charge in [0.25, 0.3) is 0 Å². The van der Waals surface area contributed by atoms with Crippen LogP contribution in [0.4, 0.5) is 0 Å². The predicted octanol–water partition coefficient (Wildman–Crippen LogP) is 1.96. The third kappa shape index (κ3) is 1.62. The number of hydrogen-bond acceptors (Lipinski definition) is 2. The number of ether oxygens (including phenoxy) is 1. The molecule has 0 radical (unpaired) electrons. The normalized spacial score (nSPS) is 49.6. The molecule has 4 atom stereocenters. The van der Waals surface area contributed by atoms with Crippen molar-refractivity contribution in [3.05, 3.63) is 0 Å². The summed E-state index contributed by atoms with van der Waals surface area (Å²) in [5.41, 5.74) is -0.346. The summed E-state index contributed by atoms with van der Waals surface area (Å²) in [4.78, 5) is 0. The van der Waals surface area contributed by atoms with E-state index < -0.39 is 0 Å². The quantitative estimate of drug-likeness (QED) is 0.726. The molecule has 2 heteroatoms. The monoisotopic (exact) mass is 184 g/mol. The second-order valence-electron chi connectivity index (χ2n) is 4.76. The Hall–Kier alpha value is -0.0800. The number of rotatable bonds is 3. The Labute approximate surface area is 80.3 Å². The molecular formula is C11H20O2. The molecule has 76 valence electrons. The largest absolute Gasteiger partial charge is 0.389 e. The van der Waals surface area contributed by atoms with Gasteiger partial charge in [0.15, 0.2) is 0 Å². The van der Waals surface area contributed by atoms with Crippen molar-refractivity contribution in [2.75, 3.05) is 6.61 Å². The van der Waals surface area contributed by atoms with E-state index >= 15 is 0 Å². The summed E-state index contributed by atoms with van der Waals surface area (Å²) in [5.74, 6) is 0.982. The number of aliphatic hydroxyl groups is 1. The smallest absolute Gasteiger partial charge is 0.0731 e. The maximum absolute atomic E-state index is 10.3. The van der Waals surface area contributed by atoms with Crippen LogP contribution in [0.15, 0.2) is 0 Å². The molecule has 0 aromatic carbocycles. The molecular weight excluding hydrogens is 164 g/mol. The Kier molecular flexibility index (Phi) is 2.37. The van der Waals surface area contributed by atoms with E-state index in [4.69, 9.17) is 4.74 Å². The molecule has 2 rings (SSSR count). The zero-order valence-electron chi connectivity index (χ0n) is 8.62. The number of hydrogen-bond donors (Lipinski definition) is 1. The zero-order chi connectivity index (χ0) is 9.47. The lowest BCUT2D eigenvalue weighted by atomic mass is 9.94. The van der Waals surface area contributed by atoms with Crippen molar-refractivity contribution in [1.82, 2.24) is 0 Å². The standard InChI is InChI=1S/C11H20O2/c1-3-4-9-6-11(9,12)10-5-8(2)13-7-10/h8-10,12H,3-7H2,1-2H3. The van der Waals surface area contributed by atoms with Crippen LogP contribution in [0.25, 0.3) is 0 Å². The van der Waals surface area contributed by atoms with Gasteiger partial charge in [0.05, 0.1) is 18.3 Å². The van der Waals surface area contributed by atoms with Gasteiger partial charge in [0.2, 0.25) is 0 Å². The highest BCUT2D eigenvalue weighted by atomic mass is 16.5. The fourth-order valence-electron chi connectivity index (χ4n) is 2.70. The van der Waals surface area contributed by atoms with E-state index in [0.29, 0.717) is 17.9 Å². The second-order valence-corrected chi connectivity index (χ2v) is 4.76. The Morgan fingerprint density at radius 2 is 2.31 bits per heavy atom. The Balaban J connectivity index is 1.88. The average molecular weight is 184 g/mol. The van der Waals surface area contributed by atoms with Crippen LogP contribution in [0.3, 0.4) is 0 Å². The first-order chi connectivity index (χ1) is 6.16. The molecule has 0 aromatic heterocycles. The third-order valence-electron chi connectivity index (χ3n) is 3.66. The van der Waals surface area contributed by atoms with Crippen LogP contribution in [0.5, 0.6) is 0 Å². The summed E-state index contributed by atoms with van der Waals surface area (Å²) in [5, 5.41) is 10.3. The van der Waals surface area contributed by atoms with Crippen LogP contribution in [0, 0.1) is 11.8 Å². The molecule has 2 aliphatic rings. The minimum atomic E-state index is -0.346. The van der Waals surface area contributed by atoms with E-state index in [-0.39, 0.29) is 5.60 Å². The zero-order valence-corrected chi connectivity index (χ0v) is 8.62. The van der Waals surface area contributed by atoms with Gasteiger partial charge in [-0.1, -0.05) is 13.3 Å². The van der Waals surface area contributed by atoms with Gasteiger partial charge in [0.1, 0.15) is 0 Å². The molecule has 1 N–H and O–H groups in total. The molecule has 4 unspecified atom stereocenters. The van der Waals surface area contributed by atoms with E-state index in [1.54, 1.807) is 0 Å². The van der Waals surface area contributed by atoms with Gasteiger partial charge in [-0.15, -0.1) is 0 Å². The lowest BCUT2D eigenvalue weighted by Gasteiger charge is -2.16. The summed E-state index contributed by atoms with van der Waals surface area (Å²) < 4.78 is 5.50. The third-order valence-corrected chi connectivity index (χ3v) is 3.66. The molecule has 0 bridgehead atoms. The van der Waals surface area contributed by atoms with Crippen molar-refractivity contribution in [3.8, 4) is 0 Å². The van der Waals surface area contributed by atoms with E-state index in [1.165, 1.54) is 12.8 Å². The lowest BCUT2D eigenvalue weighted by molar-refractivity contribution is 0.0500. The predicted molar refractivity (Wildman–Crippen MR) is 51.5 cm³/mol. The first kappa shape index (κ1) is 9.47. The molecule has 1 saturated carbocycles. The molecule has 0 spiro atoms. The molecule has 0 amide bonds. The molecule has 13 heavy (non-hydrogen) atoms. The van der Waals surface area contributed by atoms with Crippen molar-refractivity contribution in [1.29, 1.82) is 0 Å². The molecule has 1 saturated heterocycles. The Bertz CT molecular complexity index is 193. The first-order valence-corrected chi connectivity index (χ1v) is 5.50. The van der Waals surface area contributed by atoms with Crippen LogP contribution >= 0.6 is 0 Å². The van der Waals surface area contributed by atoms with Crippen molar-refractivity contribution in [2.45, 2.75) is 51.2 Å². The van der Waals surface area contributed by atoms with Gasteiger partial charge in [-0.2, -0.15) is 0 Å². The van der Waals surface area contributed by atoms with Crippen molar-refractivity contribution < 1.29 is 9.84 Å². The SMILES string of the molecule is CCCC1CC1(O)C1COC(C)C1. The Morgan fingerprint density at radius 3 is 2.85 bits per heavy atom. The van der Waals surface area contributed by atoms with Gasteiger partial charge in [-0.25, -0.2) is 0 Å². The van der Waals surface area contributed by atoms with E-state index in [9.17, 15) is 5.11 Å². The van der Waals surface area contributed by atoms with Gasteiger partial charge >= 0.3 is 0 Å². The Morgan fingerprint density at radius 1 is 1.54 bits per heavy atom. The van der Waals surface area contributed by atoms with Crippen LogP contribution in [-0.4, -0.2) is 23.4 Å². The fraction of sp³-hybridized carbons (Fsp3) is 1.00. The summed E-state index contributed by atoms with van der Waals surface area (Å²) >= 11 is 0. The van der Waals surface area contributed by atoms with Gasteiger partial charge in [0, 0.05) is 5.92 Å². The fourth-order valence-corrected chi connectivity index (χ4v) is 2.70. The maximum Gasteiger partial charge on any atom is 0.0731 e. The van der Waals surface area contributed by atoms with Crippen molar-refractivity contribution in [3.63, 3.8) is 0 Å². The van der Waals surface area contributed by atoms with Crippen LogP contribution in [-0.2, 0) is 4.74 Å². The summed E-state index contributed by atoms with van der Waals surface area (Å²) in [7, 11) is 0. The van der Waals surface area contributed by atoms with E-state index in [0.717, 1.165) is 19.4 Å². The van der Waals surface area contributed by atoms with E-state index in [1.807, 2.05) is 0 Å². The molecule has 0 aromatic rings. The molecule has 1 heterocycles. The van der Waals surface area contributed by atoms with Gasteiger partial charge in [-0.3, -0.25) is 0 Å². The minimum Gasteiger partial charge on any atom is -0.389 e. The van der Waals surface area contributed by atoms with Crippen LogP contribution in [0.2, 0.25) is 0 Å². The topological polar surface area (TPSA) is 29.5 Å². The van der Waals surface area contributed by atoms with E-state index in [2.05, 4.69) is 13.8 Å². The maximum atomic E-state index is 10.3. The molecule has 2 fully saturated rings. The average Bonchev–Trinajstić information content (AvgIpc) is 2.57. The highest BCUT2D eigenvalue weighted by Gasteiger charge is 2.58. The molecule has 2 nitrogen and oxygen atoms in total. The van der Waals surface area contributed by atoms with Crippen LogP contribution in [0.1, 0.15) is 39.5 Å².